The van der Waals surface area contributed by atoms with Crippen LogP contribution in [0.15, 0.2) is 52.4 Å². The van der Waals surface area contributed by atoms with E-state index in [4.69, 9.17) is 4.74 Å². The standard InChI is InChI=1S/C24H26N4O3S2/c1-15(2)31-12-6-11-28-22(30)17-7-4-5-8-18(17)26-24(28)32-14-21(29)27-23-25-19-10-9-16(3)13-20(19)33-23/h4-5,7-10,13,15H,6,11-12,14H2,1-3H3,(H,25,27,29). The molecule has 0 saturated heterocycles. The number of thioether (sulfide) groups is 1. The summed E-state index contributed by atoms with van der Waals surface area (Å²) in [6.07, 6.45) is 0.823. The third kappa shape index (κ3) is 5.79. The molecule has 4 rings (SSSR count). The highest BCUT2D eigenvalue weighted by Crippen LogP contribution is 2.27. The average molecular weight is 483 g/mol. The predicted octanol–water partition coefficient (Wildman–Crippen LogP) is 4.86. The van der Waals surface area contributed by atoms with Crippen molar-refractivity contribution in [3.8, 4) is 0 Å². The van der Waals surface area contributed by atoms with E-state index in [9.17, 15) is 9.59 Å². The van der Waals surface area contributed by atoms with Crippen molar-refractivity contribution >= 4 is 55.3 Å². The number of carbonyl (C=O) groups is 1. The molecule has 0 saturated carbocycles. The second kappa shape index (κ2) is 10.5. The first-order valence-corrected chi connectivity index (χ1v) is 12.6. The zero-order valence-corrected chi connectivity index (χ0v) is 20.5. The number of nitrogens with one attached hydrogen (secondary N) is 1. The molecule has 4 aromatic rings. The maximum Gasteiger partial charge on any atom is 0.262 e. The van der Waals surface area contributed by atoms with Crippen LogP contribution in [-0.4, -0.2) is 38.9 Å². The van der Waals surface area contributed by atoms with Gasteiger partial charge < -0.3 is 10.1 Å². The third-order valence-electron chi connectivity index (χ3n) is 4.93. The number of fused-ring (bicyclic) bond motifs is 2. The summed E-state index contributed by atoms with van der Waals surface area (Å²) in [6, 6.07) is 13.3. The smallest absolute Gasteiger partial charge is 0.262 e. The molecule has 0 spiro atoms. The van der Waals surface area contributed by atoms with Crippen LogP contribution in [0.25, 0.3) is 21.1 Å². The Morgan fingerprint density at radius 1 is 1.18 bits per heavy atom. The van der Waals surface area contributed by atoms with Gasteiger partial charge in [-0.1, -0.05) is 41.3 Å². The highest BCUT2D eigenvalue weighted by atomic mass is 32.2. The molecule has 33 heavy (non-hydrogen) atoms. The minimum atomic E-state index is -0.187. The van der Waals surface area contributed by atoms with Gasteiger partial charge in [-0.2, -0.15) is 0 Å². The number of nitrogens with zero attached hydrogens (tertiary/aromatic N) is 3. The number of amides is 1. The number of rotatable bonds is 9. The van der Waals surface area contributed by atoms with Crippen molar-refractivity contribution in [1.29, 1.82) is 0 Å². The molecule has 0 fully saturated rings. The fourth-order valence-corrected chi connectivity index (χ4v) is 5.17. The minimum Gasteiger partial charge on any atom is -0.379 e. The Kier molecular flexibility index (Phi) is 7.42. The Morgan fingerprint density at radius 3 is 2.82 bits per heavy atom. The lowest BCUT2D eigenvalue weighted by Crippen LogP contribution is -2.25. The normalized spacial score (nSPS) is 11.5. The summed E-state index contributed by atoms with van der Waals surface area (Å²) in [5.74, 6) is -0.0599. The van der Waals surface area contributed by atoms with Gasteiger partial charge >= 0.3 is 0 Å². The molecule has 2 aromatic heterocycles. The molecule has 7 nitrogen and oxygen atoms in total. The van der Waals surface area contributed by atoms with Crippen LogP contribution in [0.1, 0.15) is 25.8 Å². The first-order chi connectivity index (χ1) is 15.9. The number of carbonyl (C=O) groups excluding carboxylic acids is 1. The van der Waals surface area contributed by atoms with E-state index in [1.165, 1.54) is 23.1 Å². The van der Waals surface area contributed by atoms with E-state index in [0.29, 0.717) is 40.8 Å². The molecule has 2 heterocycles. The zero-order chi connectivity index (χ0) is 23.4. The number of thiazole rings is 1. The van der Waals surface area contributed by atoms with Crippen molar-refractivity contribution in [2.24, 2.45) is 0 Å². The first-order valence-electron chi connectivity index (χ1n) is 10.8. The van der Waals surface area contributed by atoms with Gasteiger partial charge in [0.15, 0.2) is 10.3 Å². The first kappa shape index (κ1) is 23.4. The topological polar surface area (TPSA) is 86.1 Å². The summed E-state index contributed by atoms with van der Waals surface area (Å²) >= 11 is 2.70. The largest absolute Gasteiger partial charge is 0.379 e. The van der Waals surface area contributed by atoms with Crippen LogP contribution in [0, 0.1) is 6.92 Å². The Bertz CT molecular complexity index is 1350. The van der Waals surface area contributed by atoms with E-state index >= 15 is 0 Å². The van der Waals surface area contributed by atoms with Crippen molar-refractivity contribution in [3.63, 3.8) is 0 Å². The molecule has 2 aromatic carbocycles. The van der Waals surface area contributed by atoms with E-state index in [1.54, 1.807) is 10.6 Å². The molecule has 0 bridgehead atoms. The summed E-state index contributed by atoms with van der Waals surface area (Å²) in [5.41, 5.74) is 2.54. The summed E-state index contributed by atoms with van der Waals surface area (Å²) < 4.78 is 8.29. The van der Waals surface area contributed by atoms with Crippen molar-refractivity contribution in [2.75, 3.05) is 17.7 Å². The molecule has 0 radical (unpaired) electrons. The van der Waals surface area contributed by atoms with E-state index in [0.717, 1.165) is 15.8 Å². The number of anilines is 1. The van der Waals surface area contributed by atoms with Gasteiger partial charge in [0, 0.05) is 13.2 Å². The highest BCUT2D eigenvalue weighted by molar-refractivity contribution is 7.99. The van der Waals surface area contributed by atoms with Crippen LogP contribution in [0.3, 0.4) is 0 Å². The van der Waals surface area contributed by atoms with Gasteiger partial charge in [-0.15, -0.1) is 0 Å². The molecule has 0 atom stereocenters. The van der Waals surface area contributed by atoms with E-state index in [-0.39, 0.29) is 23.3 Å². The van der Waals surface area contributed by atoms with Gasteiger partial charge in [0.05, 0.1) is 33.0 Å². The molecule has 0 aliphatic carbocycles. The van der Waals surface area contributed by atoms with Crippen LogP contribution in [-0.2, 0) is 16.1 Å². The molecule has 0 aliphatic rings. The molecule has 1 amide bonds. The van der Waals surface area contributed by atoms with E-state index in [1.807, 2.05) is 51.1 Å². The van der Waals surface area contributed by atoms with E-state index < -0.39 is 0 Å². The van der Waals surface area contributed by atoms with E-state index in [2.05, 4.69) is 21.4 Å². The second-order valence-electron chi connectivity index (χ2n) is 7.97. The number of ether oxygens (including phenoxy) is 1. The highest BCUT2D eigenvalue weighted by Gasteiger charge is 2.14. The molecular formula is C24H26N4O3S2. The molecule has 0 unspecified atom stereocenters. The molecule has 9 heteroatoms. The number of para-hydroxylation sites is 1. The van der Waals surface area contributed by atoms with Gasteiger partial charge in [-0.05, 0) is 57.0 Å². The average Bonchev–Trinajstić information content (AvgIpc) is 3.17. The van der Waals surface area contributed by atoms with Crippen LogP contribution >= 0.6 is 23.1 Å². The number of benzene rings is 2. The summed E-state index contributed by atoms with van der Waals surface area (Å²) in [7, 11) is 0. The zero-order valence-electron chi connectivity index (χ0n) is 18.8. The van der Waals surface area contributed by atoms with Crippen LogP contribution in [0.4, 0.5) is 5.13 Å². The number of aromatic nitrogens is 3. The fraction of sp³-hybridized carbons (Fsp3) is 0.333. The van der Waals surface area contributed by atoms with Crippen LogP contribution < -0.4 is 10.9 Å². The SMILES string of the molecule is Cc1ccc2nc(NC(=O)CSc3nc4ccccc4c(=O)n3CCCOC(C)C)sc2c1. The summed E-state index contributed by atoms with van der Waals surface area (Å²) in [4.78, 5) is 34.9. The lowest BCUT2D eigenvalue weighted by Gasteiger charge is -2.13. The molecule has 172 valence electrons. The maximum atomic E-state index is 13.1. The summed E-state index contributed by atoms with van der Waals surface area (Å²) in [6.45, 7) is 7.02. The second-order valence-corrected chi connectivity index (χ2v) is 9.94. The van der Waals surface area contributed by atoms with Crippen molar-refractivity contribution in [3.05, 3.63) is 58.4 Å². The summed E-state index contributed by atoms with van der Waals surface area (Å²) in [5, 5.41) is 4.53. The molecular weight excluding hydrogens is 456 g/mol. The van der Waals surface area contributed by atoms with Gasteiger partial charge in [0.1, 0.15) is 0 Å². The van der Waals surface area contributed by atoms with Crippen molar-refractivity contribution in [2.45, 2.75) is 45.0 Å². The predicted molar refractivity (Wildman–Crippen MR) is 135 cm³/mol. The van der Waals surface area contributed by atoms with Crippen molar-refractivity contribution < 1.29 is 9.53 Å². The fourth-order valence-electron chi connectivity index (χ4n) is 3.37. The Balaban J connectivity index is 1.49. The van der Waals surface area contributed by atoms with Gasteiger partial charge in [0.25, 0.3) is 5.56 Å². The van der Waals surface area contributed by atoms with Crippen LogP contribution in [0.2, 0.25) is 0 Å². The van der Waals surface area contributed by atoms with Gasteiger partial charge in [0.2, 0.25) is 5.91 Å². The van der Waals surface area contributed by atoms with Gasteiger partial charge in [-0.25, -0.2) is 9.97 Å². The monoisotopic (exact) mass is 482 g/mol. The number of hydrogen-bond acceptors (Lipinski definition) is 7. The molecule has 1 N–H and O–H groups in total. The minimum absolute atomic E-state index is 0.102. The Hall–Kier alpha value is -2.75. The molecule has 0 aliphatic heterocycles. The number of hydrogen-bond donors (Lipinski definition) is 1. The van der Waals surface area contributed by atoms with Crippen LogP contribution in [0.5, 0.6) is 0 Å². The Labute approximate surface area is 200 Å². The lowest BCUT2D eigenvalue weighted by molar-refractivity contribution is -0.113. The van der Waals surface area contributed by atoms with Gasteiger partial charge in [-0.3, -0.25) is 14.2 Å². The Morgan fingerprint density at radius 2 is 2.00 bits per heavy atom. The third-order valence-corrected chi connectivity index (χ3v) is 6.84. The maximum absolute atomic E-state index is 13.1. The lowest BCUT2D eigenvalue weighted by atomic mass is 10.2. The van der Waals surface area contributed by atoms with Crippen molar-refractivity contribution in [1.82, 2.24) is 14.5 Å². The quantitative estimate of drug-likeness (QED) is 0.208. The number of aryl methyl sites for hydroxylation is 1.